The van der Waals surface area contributed by atoms with Crippen molar-refractivity contribution in [1.82, 2.24) is 0 Å². The highest BCUT2D eigenvalue weighted by Gasteiger charge is 2.16. The van der Waals surface area contributed by atoms with Crippen LogP contribution in [0.25, 0.3) is 0 Å². The molecule has 0 atom stereocenters. The van der Waals surface area contributed by atoms with E-state index in [9.17, 15) is 9.90 Å². The fraction of sp³-hybridized carbons (Fsp3) is 0.533. The van der Waals surface area contributed by atoms with E-state index in [1.165, 1.54) is 11.8 Å². The lowest BCUT2D eigenvalue weighted by molar-refractivity contribution is 0.0636. The zero-order chi connectivity index (χ0) is 15.5. The number of benzene rings is 1. The van der Waals surface area contributed by atoms with Gasteiger partial charge in [-0.1, -0.05) is 13.0 Å². The molecule has 0 amide bonds. The molecule has 118 valence electrons. The summed E-state index contributed by atoms with van der Waals surface area (Å²) >= 11 is 1.50. The molecule has 0 aliphatic heterocycles. The summed E-state index contributed by atoms with van der Waals surface area (Å²) in [6, 6.07) is 5.31. The van der Waals surface area contributed by atoms with Crippen LogP contribution in [0.3, 0.4) is 0 Å². The van der Waals surface area contributed by atoms with E-state index in [1.807, 2.05) is 13.0 Å². The van der Waals surface area contributed by atoms with Crippen molar-refractivity contribution in [2.75, 3.05) is 39.3 Å². The number of methoxy groups -OCH3 is 1. The van der Waals surface area contributed by atoms with Crippen molar-refractivity contribution in [2.24, 2.45) is 0 Å². The highest BCUT2D eigenvalue weighted by molar-refractivity contribution is 7.99. The van der Waals surface area contributed by atoms with Gasteiger partial charge in [0.1, 0.15) is 11.3 Å². The number of hydrogen-bond donors (Lipinski definition) is 1. The van der Waals surface area contributed by atoms with Crippen LogP contribution >= 0.6 is 11.8 Å². The Labute approximate surface area is 129 Å². The fourth-order valence-corrected chi connectivity index (χ4v) is 2.52. The van der Waals surface area contributed by atoms with Gasteiger partial charge >= 0.3 is 5.97 Å². The van der Waals surface area contributed by atoms with E-state index < -0.39 is 5.97 Å². The first kappa shape index (κ1) is 17.8. The third-order valence-electron chi connectivity index (χ3n) is 2.62. The maximum absolute atomic E-state index is 11.4. The lowest BCUT2D eigenvalue weighted by Gasteiger charge is -2.12. The molecule has 1 N–H and O–H groups in total. The second kappa shape index (κ2) is 10.5. The normalized spacial score (nSPS) is 10.6. The second-order valence-electron chi connectivity index (χ2n) is 4.17. The lowest BCUT2D eigenvalue weighted by atomic mass is 10.2. The Morgan fingerprint density at radius 2 is 2.05 bits per heavy atom. The van der Waals surface area contributed by atoms with E-state index in [2.05, 4.69) is 0 Å². The van der Waals surface area contributed by atoms with Gasteiger partial charge < -0.3 is 19.3 Å². The highest BCUT2D eigenvalue weighted by atomic mass is 32.2. The minimum absolute atomic E-state index is 0.240. The van der Waals surface area contributed by atoms with E-state index in [0.29, 0.717) is 38.6 Å². The van der Waals surface area contributed by atoms with Gasteiger partial charge in [0.05, 0.1) is 19.8 Å². The van der Waals surface area contributed by atoms with Crippen molar-refractivity contribution in [3.05, 3.63) is 23.8 Å². The number of carboxylic acid groups (broad SMARTS) is 1. The molecule has 21 heavy (non-hydrogen) atoms. The molecule has 1 aromatic carbocycles. The Morgan fingerprint density at radius 1 is 1.24 bits per heavy atom. The third kappa shape index (κ3) is 6.37. The molecule has 0 heterocycles. The van der Waals surface area contributed by atoms with Gasteiger partial charge in [0, 0.05) is 25.0 Å². The van der Waals surface area contributed by atoms with Crippen LogP contribution in [-0.2, 0) is 9.47 Å². The minimum atomic E-state index is -0.960. The molecular weight excluding hydrogens is 292 g/mol. The second-order valence-corrected chi connectivity index (χ2v) is 5.48. The van der Waals surface area contributed by atoms with Gasteiger partial charge in [0.25, 0.3) is 0 Å². The van der Waals surface area contributed by atoms with E-state index in [1.54, 1.807) is 19.2 Å². The van der Waals surface area contributed by atoms with Gasteiger partial charge in [0.2, 0.25) is 0 Å². The quantitative estimate of drug-likeness (QED) is 0.500. The summed E-state index contributed by atoms with van der Waals surface area (Å²) in [6.07, 6.45) is 0.702. The maximum atomic E-state index is 11.4. The summed E-state index contributed by atoms with van der Waals surface area (Å²) in [7, 11) is 1.63. The van der Waals surface area contributed by atoms with Gasteiger partial charge in [-0.25, -0.2) is 4.79 Å². The van der Waals surface area contributed by atoms with Gasteiger partial charge in [0.15, 0.2) is 0 Å². The lowest BCUT2D eigenvalue weighted by Crippen LogP contribution is -2.09. The molecule has 0 saturated heterocycles. The summed E-state index contributed by atoms with van der Waals surface area (Å²) in [6.45, 7) is 4.10. The van der Waals surface area contributed by atoms with Gasteiger partial charge in [-0.2, -0.15) is 0 Å². The number of carbonyl (C=O) groups is 1. The molecule has 1 rings (SSSR count). The van der Waals surface area contributed by atoms with Crippen LogP contribution in [0, 0.1) is 0 Å². The smallest absolute Gasteiger partial charge is 0.340 e. The van der Waals surface area contributed by atoms with E-state index in [-0.39, 0.29) is 5.56 Å². The molecule has 0 fully saturated rings. The largest absolute Gasteiger partial charge is 0.493 e. The Hall–Kier alpha value is -1.24. The van der Waals surface area contributed by atoms with E-state index in [4.69, 9.17) is 14.2 Å². The maximum Gasteiger partial charge on any atom is 0.340 e. The van der Waals surface area contributed by atoms with Crippen molar-refractivity contribution in [1.29, 1.82) is 0 Å². The molecule has 0 radical (unpaired) electrons. The average molecular weight is 314 g/mol. The Morgan fingerprint density at radius 3 is 2.71 bits per heavy atom. The fourth-order valence-electron chi connectivity index (χ4n) is 1.71. The van der Waals surface area contributed by atoms with Crippen molar-refractivity contribution in [2.45, 2.75) is 18.2 Å². The van der Waals surface area contributed by atoms with Gasteiger partial charge in [-0.15, -0.1) is 11.8 Å². The Kier molecular flexibility index (Phi) is 8.89. The number of rotatable bonds is 11. The number of aromatic carboxylic acids is 1. The molecule has 0 spiro atoms. The monoisotopic (exact) mass is 314 g/mol. The molecule has 5 nitrogen and oxygen atoms in total. The summed E-state index contributed by atoms with van der Waals surface area (Å²) in [4.78, 5) is 12.1. The van der Waals surface area contributed by atoms with Crippen LogP contribution in [0.5, 0.6) is 5.75 Å². The highest BCUT2D eigenvalue weighted by Crippen LogP contribution is 2.30. The van der Waals surface area contributed by atoms with Crippen molar-refractivity contribution >= 4 is 17.7 Å². The first-order valence-electron chi connectivity index (χ1n) is 6.89. The zero-order valence-electron chi connectivity index (χ0n) is 12.5. The Bertz CT molecular complexity index is 436. The van der Waals surface area contributed by atoms with Crippen molar-refractivity contribution < 1.29 is 24.1 Å². The molecule has 0 unspecified atom stereocenters. The van der Waals surface area contributed by atoms with Crippen LogP contribution in [0.15, 0.2) is 23.1 Å². The summed E-state index contributed by atoms with van der Waals surface area (Å²) in [5.74, 6) is 0.271. The molecule has 6 heteroatoms. The standard InChI is InChI=1S/C15H22O5S/c1-3-21-13-7-4-6-12(14(13)15(16)17)20-9-5-8-19-11-10-18-2/h4,6-7H,3,5,8-11H2,1-2H3,(H,16,17). The number of thioether (sulfide) groups is 1. The topological polar surface area (TPSA) is 65.0 Å². The van der Waals surface area contributed by atoms with Crippen LogP contribution in [0.1, 0.15) is 23.7 Å². The number of hydrogen-bond acceptors (Lipinski definition) is 5. The molecule has 1 aromatic rings. The van der Waals surface area contributed by atoms with Crippen LogP contribution < -0.4 is 4.74 Å². The van der Waals surface area contributed by atoms with E-state index in [0.717, 1.165) is 10.6 Å². The summed E-state index contributed by atoms with van der Waals surface area (Å²) < 4.78 is 15.8. The molecule has 0 aliphatic rings. The summed E-state index contributed by atoms with van der Waals surface area (Å²) in [5, 5.41) is 9.34. The predicted molar refractivity (Wildman–Crippen MR) is 82.6 cm³/mol. The first-order chi connectivity index (χ1) is 10.2. The van der Waals surface area contributed by atoms with Crippen molar-refractivity contribution in [3.8, 4) is 5.75 Å². The third-order valence-corrected chi connectivity index (χ3v) is 3.56. The summed E-state index contributed by atoms with van der Waals surface area (Å²) in [5.41, 5.74) is 0.240. The SMILES string of the molecule is CCSc1cccc(OCCCOCCOC)c1C(=O)O. The van der Waals surface area contributed by atoms with Crippen LogP contribution in [0.2, 0.25) is 0 Å². The van der Waals surface area contributed by atoms with Crippen LogP contribution in [0.4, 0.5) is 0 Å². The minimum Gasteiger partial charge on any atom is -0.493 e. The number of carboxylic acids is 1. The van der Waals surface area contributed by atoms with Gasteiger partial charge in [-0.3, -0.25) is 0 Å². The first-order valence-corrected chi connectivity index (χ1v) is 7.87. The molecule has 0 bridgehead atoms. The van der Waals surface area contributed by atoms with E-state index >= 15 is 0 Å². The van der Waals surface area contributed by atoms with Crippen molar-refractivity contribution in [3.63, 3.8) is 0 Å². The molecule has 0 aliphatic carbocycles. The number of ether oxygens (including phenoxy) is 3. The van der Waals surface area contributed by atoms with Gasteiger partial charge in [-0.05, 0) is 17.9 Å². The van der Waals surface area contributed by atoms with Crippen LogP contribution in [-0.4, -0.2) is 50.4 Å². The Balaban J connectivity index is 2.50. The zero-order valence-corrected chi connectivity index (χ0v) is 13.3. The molecule has 0 aromatic heterocycles. The molecule has 0 saturated carbocycles. The average Bonchev–Trinajstić information content (AvgIpc) is 2.46. The molecular formula is C15H22O5S. The predicted octanol–water partition coefficient (Wildman–Crippen LogP) is 2.93.